The number of piperidine rings is 1. The van der Waals surface area contributed by atoms with Gasteiger partial charge < -0.3 is 14.4 Å². The molecule has 3 atom stereocenters. The third-order valence-corrected chi connectivity index (χ3v) is 5.19. The number of benzene rings is 1. The minimum Gasteiger partial charge on any atom is -0.383 e. The molecule has 0 spiro atoms. The van der Waals surface area contributed by atoms with Crippen molar-refractivity contribution < 1.29 is 18.7 Å². The van der Waals surface area contributed by atoms with Crippen molar-refractivity contribution in [2.24, 2.45) is 5.92 Å². The van der Waals surface area contributed by atoms with Crippen molar-refractivity contribution in [1.82, 2.24) is 9.80 Å². The summed E-state index contributed by atoms with van der Waals surface area (Å²) in [4.78, 5) is 17.1. The third-order valence-electron chi connectivity index (χ3n) is 5.19. The van der Waals surface area contributed by atoms with Crippen molar-refractivity contribution in [3.05, 3.63) is 35.6 Å². The molecule has 0 aliphatic carbocycles. The number of hydrogen-bond donors (Lipinski definition) is 0. The molecule has 0 N–H and O–H groups in total. The molecule has 1 aromatic carbocycles. The third kappa shape index (κ3) is 3.45. The largest absolute Gasteiger partial charge is 0.383 e. The van der Waals surface area contributed by atoms with Gasteiger partial charge in [-0.1, -0.05) is 6.07 Å². The predicted molar refractivity (Wildman–Crippen MR) is 88.4 cm³/mol. The van der Waals surface area contributed by atoms with Crippen molar-refractivity contribution in [3.63, 3.8) is 0 Å². The Hall–Kier alpha value is -1.50. The molecule has 1 aromatic rings. The number of carbonyl (C=O) groups is 1. The van der Waals surface area contributed by atoms with Gasteiger partial charge in [0.05, 0.1) is 18.8 Å². The molecule has 0 aromatic heterocycles. The number of hydrogen-bond acceptors (Lipinski definition) is 4. The highest BCUT2D eigenvalue weighted by Gasteiger charge is 2.45. The van der Waals surface area contributed by atoms with E-state index in [2.05, 4.69) is 4.90 Å². The summed E-state index contributed by atoms with van der Waals surface area (Å²) in [5.41, 5.74) is 0.417. The molecule has 0 bridgehead atoms. The maximum Gasteiger partial charge on any atom is 0.254 e. The summed E-state index contributed by atoms with van der Waals surface area (Å²) in [7, 11) is 3.43. The minimum absolute atomic E-state index is 0.0901. The van der Waals surface area contributed by atoms with Gasteiger partial charge in [-0.25, -0.2) is 4.39 Å². The quantitative estimate of drug-likeness (QED) is 0.820. The Balaban J connectivity index is 1.77. The SMILES string of the molecule is COCCN1C[C@H]2[C@@H](C1)N(C(=O)c1cccc(F)c1)CC[C@H]2OC. The van der Waals surface area contributed by atoms with Crippen LogP contribution in [0.25, 0.3) is 0 Å². The highest BCUT2D eigenvalue weighted by Crippen LogP contribution is 2.33. The van der Waals surface area contributed by atoms with Crippen LogP contribution < -0.4 is 0 Å². The van der Waals surface area contributed by atoms with Crippen LogP contribution in [0.3, 0.4) is 0 Å². The first-order chi connectivity index (χ1) is 11.6. The second-order valence-electron chi connectivity index (χ2n) is 6.56. The van der Waals surface area contributed by atoms with Crippen LogP contribution in [0.4, 0.5) is 4.39 Å². The standard InChI is InChI=1S/C18H25FN2O3/c1-23-9-8-20-11-15-16(12-20)21(7-6-17(15)24-2)18(22)13-4-3-5-14(19)10-13/h3-5,10,15-17H,6-9,11-12H2,1-2H3/t15-,16+,17+/m0/s1. The normalized spacial score (nSPS) is 27.3. The van der Waals surface area contributed by atoms with Crippen molar-refractivity contribution in [1.29, 1.82) is 0 Å². The summed E-state index contributed by atoms with van der Waals surface area (Å²) in [5, 5.41) is 0. The summed E-state index contributed by atoms with van der Waals surface area (Å²) in [5.74, 6) is -0.178. The first-order valence-electron chi connectivity index (χ1n) is 8.44. The fourth-order valence-electron chi connectivity index (χ4n) is 3.97. The molecule has 0 saturated carbocycles. The molecule has 2 aliphatic rings. The summed E-state index contributed by atoms with van der Waals surface area (Å²) in [6.45, 7) is 3.89. The summed E-state index contributed by atoms with van der Waals surface area (Å²) in [6.07, 6.45) is 0.982. The van der Waals surface area contributed by atoms with Crippen LogP contribution in [0.5, 0.6) is 0 Å². The Morgan fingerprint density at radius 2 is 2.17 bits per heavy atom. The number of methoxy groups -OCH3 is 2. The number of carbonyl (C=O) groups excluding carboxylic acids is 1. The van der Waals surface area contributed by atoms with Gasteiger partial charge in [0.15, 0.2) is 0 Å². The maximum absolute atomic E-state index is 13.5. The number of halogens is 1. The van der Waals surface area contributed by atoms with E-state index in [1.54, 1.807) is 26.4 Å². The molecule has 6 heteroatoms. The van der Waals surface area contributed by atoms with Crippen molar-refractivity contribution >= 4 is 5.91 Å². The number of rotatable bonds is 5. The van der Waals surface area contributed by atoms with E-state index in [9.17, 15) is 9.18 Å². The molecular formula is C18H25FN2O3. The number of fused-ring (bicyclic) bond motifs is 1. The van der Waals surface area contributed by atoms with E-state index in [0.717, 1.165) is 26.1 Å². The fraction of sp³-hybridized carbons (Fsp3) is 0.611. The average Bonchev–Trinajstić information content (AvgIpc) is 3.02. The number of likely N-dealkylation sites (tertiary alicyclic amines) is 2. The van der Waals surface area contributed by atoms with Gasteiger partial charge in [-0.15, -0.1) is 0 Å². The lowest BCUT2D eigenvalue weighted by Gasteiger charge is -2.41. The Labute approximate surface area is 142 Å². The van der Waals surface area contributed by atoms with Crippen LogP contribution in [0.1, 0.15) is 16.8 Å². The van der Waals surface area contributed by atoms with E-state index in [4.69, 9.17) is 9.47 Å². The zero-order valence-corrected chi connectivity index (χ0v) is 14.3. The Morgan fingerprint density at radius 3 is 2.88 bits per heavy atom. The van der Waals surface area contributed by atoms with E-state index in [-0.39, 0.29) is 29.8 Å². The zero-order valence-electron chi connectivity index (χ0n) is 14.3. The van der Waals surface area contributed by atoms with Crippen LogP contribution in [0.15, 0.2) is 24.3 Å². The van der Waals surface area contributed by atoms with Crippen molar-refractivity contribution in [2.75, 3.05) is 47.0 Å². The number of amides is 1. The zero-order chi connectivity index (χ0) is 17.1. The lowest BCUT2D eigenvalue weighted by atomic mass is 9.88. The first-order valence-corrected chi connectivity index (χ1v) is 8.44. The monoisotopic (exact) mass is 336 g/mol. The second kappa shape index (κ2) is 7.59. The van der Waals surface area contributed by atoms with Gasteiger partial charge in [0.2, 0.25) is 0 Å². The molecule has 2 heterocycles. The highest BCUT2D eigenvalue weighted by molar-refractivity contribution is 5.94. The topological polar surface area (TPSA) is 42.0 Å². The molecule has 0 radical (unpaired) electrons. The van der Waals surface area contributed by atoms with E-state index < -0.39 is 0 Å². The van der Waals surface area contributed by atoms with Gasteiger partial charge in [-0.3, -0.25) is 9.69 Å². The molecule has 24 heavy (non-hydrogen) atoms. The van der Waals surface area contributed by atoms with Crippen LogP contribution in [-0.2, 0) is 9.47 Å². The summed E-state index contributed by atoms with van der Waals surface area (Å²) in [6, 6.07) is 6.05. The van der Waals surface area contributed by atoms with Gasteiger partial charge in [0, 0.05) is 51.9 Å². The Morgan fingerprint density at radius 1 is 1.33 bits per heavy atom. The summed E-state index contributed by atoms with van der Waals surface area (Å²) < 4.78 is 24.3. The molecule has 5 nitrogen and oxygen atoms in total. The van der Waals surface area contributed by atoms with Gasteiger partial charge in [-0.05, 0) is 24.6 Å². The Kier molecular flexibility index (Phi) is 5.48. The van der Waals surface area contributed by atoms with E-state index in [1.807, 2.05) is 4.90 Å². The molecular weight excluding hydrogens is 311 g/mol. The lowest BCUT2D eigenvalue weighted by Crippen LogP contribution is -2.53. The molecule has 2 saturated heterocycles. The van der Waals surface area contributed by atoms with Crippen LogP contribution in [-0.4, -0.2) is 74.9 Å². The first kappa shape index (κ1) is 17.3. The smallest absolute Gasteiger partial charge is 0.254 e. The number of ether oxygens (including phenoxy) is 2. The molecule has 3 rings (SSSR count). The van der Waals surface area contributed by atoms with Gasteiger partial charge in [-0.2, -0.15) is 0 Å². The van der Waals surface area contributed by atoms with E-state index >= 15 is 0 Å². The minimum atomic E-state index is -0.377. The van der Waals surface area contributed by atoms with Crippen LogP contribution >= 0.6 is 0 Å². The maximum atomic E-state index is 13.5. The van der Waals surface area contributed by atoms with Gasteiger partial charge in [0.25, 0.3) is 5.91 Å². The molecule has 1 amide bonds. The summed E-state index contributed by atoms with van der Waals surface area (Å²) >= 11 is 0. The van der Waals surface area contributed by atoms with Crippen LogP contribution in [0.2, 0.25) is 0 Å². The molecule has 132 valence electrons. The van der Waals surface area contributed by atoms with E-state index in [0.29, 0.717) is 18.7 Å². The number of nitrogens with zero attached hydrogens (tertiary/aromatic N) is 2. The van der Waals surface area contributed by atoms with Crippen molar-refractivity contribution in [2.45, 2.75) is 18.6 Å². The molecule has 2 aliphatic heterocycles. The van der Waals surface area contributed by atoms with Gasteiger partial charge >= 0.3 is 0 Å². The average molecular weight is 336 g/mol. The second-order valence-corrected chi connectivity index (χ2v) is 6.56. The fourth-order valence-corrected chi connectivity index (χ4v) is 3.97. The lowest BCUT2D eigenvalue weighted by molar-refractivity contribution is -0.0157. The Bertz CT molecular complexity index is 583. The van der Waals surface area contributed by atoms with Crippen molar-refractivity contribution in [3.8, 4) is 0 Å². The van der Waals surface area contributed by atoms with E-state index in [1.165, 1.54) is 12.1 Å². The predicted octanol–water partition coefficient (Wildman–Crippen LogP) is 1.63. The van der Waals surface area contributed by atoms with Gasteiger partial charge in [0.1, 0.15) is 5.82 Å². The molecule has 2 fully saturated rings. The van der Waals surface area contributed by atoms with Crippen LogP contribution in [0, 0.1) is 11.7 Å². The highest BCUT2D eigenvalue weighted by atomic mass is 19.1. The molecule has 0 unspecified atom stereocenters.